The maximum Gasteiger partial charge on any atom is 0.0677 e. The topological polar surface area (TPSA) is 35.5 Å². The molecular weight excluding hydrogens is 272 g/mol. The van der Waals surface area contributed by atoms with Gasteiger partial charge in [-0.1, -0.05) is 36.4 Å². The highest BCUT2D eigenvalue weighted by molar-refractivity contribution is 5.46. The number of nitrogens with one attached hydrogen (secondary N) is 1. The van der Waals surface area contributed by atoms with E-state index in [4.69, 9.17) is 0 Å². The Morgan fingerprint density at radius 1 is 1.09 bits per heavy atom. The number of hydrogen-bond acceptors (Lipinski definition) is 3. The summed E-state index contributed by atoms with van der Waals surface area (Å²) in [5.74, 6) is 0. The van der Waals surface area contributed by atoms with E-state index >= 15 is 0 Å². The first-order valence-electron chi connectivity index (χ1n) is 7.85. The van der Waals surface area contributed by atoms with Crippen molar-refractivity contribution >= 4 is 5.69 Å². The molecule has 3 heteroatoms. The van der Waals surface area contributed by atoms with E-state index in [2.05, 4.69) is 58.7 Å². The van der Waals surface area contributed by atoms with Gasteiger partial charge in [-0.25, -0.2) is 0 Å². The number of rotatable bonds is 5. The monoisotopic (exact) mass is 296 g/mol. The van der Waals surface area contributed by atoms with Crippen LogP contribution in [0.25, 0.3) is 0 Å². The average molecular weight is 296 g/mol. The molecule has 22 heavy (non-hydrogen) atoms. The summed E-state index contributed by atoms with van der Waals surface area (Å²) in [7, 11) is 4.09. The first kappa shape index (κ1) is 15.1. The van der Waals surface area contributed by atoms with Crippen LogP contribution in [0.2, 0.25) is 0 Å². The van der Waals surface area contributed by atoms with Crippen molar-refractivity contribution in [3.63, 3.8) is 0 Å². The lowest BCUT2D eigenvalue weighted by Crippen LogP contribution is -2.43. The summed E-state index contributed by atoms with van der Waals surface area (Å²) in [5, 5.41) is 13.6. The van der Waals surface area contributed by atoms with E-state index in [0.717, 1.165) is 19.4 Å². The lowest BCUT2D eigenvalue weighted by atomic mass is 9.92. The maximum absolute atomic E-state index is 9.99. The van der Waals surface area contributed by atoms with E-state index in [-0.39, 0.29) is 12.1 Å². The highest BCUT2D eigenvalue weighted by Crippen LogP contribution is 2.36. The van der Waals surface area contributed by atoms with Gasteiger partial charge in [-0.3, -0.25) is 0 Å². The molecule has 1 unspecified atom stereocenters. The molecule has 0 aliphatic heterocycles. The van der Waals surface area contributed by atoms with Crippen LogP contribution in [-0.4, -0.2) is 25.8 Å². The van der Waals surface area contributed by atoms with Crippen molar-refractivity contribution < 1.29 is 5.11 Å². The summed E-state index contributed by atoms with van der Waals surface area (Å²) >= 11 is 0. The zero-order valence-electron chi connectivity index (χ0n) is 13.3. The predicted molar refractivity (Wildman–Crippen MR) is 91.1 cm³/mol. The Balaban J connectivity index is 1.75. The van der Waals surface area contributed by atoms with Crippen LogP contribution in [0.4, 0.5) is 5.69 Å². The molecule has 0 saturated carbocycles. The summed E-state index contributed by atoms with van der Waals surface area (Å²) in [5.41, 5.74) is 4.75. The van der Waals surface area contributed by atoms with Crippen LogP contribution in [0, 0.1) is 0 Å². The number of benzene rings is 2. The minimum Gasteiger partial charge on any atom is -0.394 e. The van der Waals surface area contributed by atoms with Gasteiger partial charge in [0.2, 0.25) is 0 Å². The van der Waals surface area contributed by atoms with E-state index in [9.17, 15) is 5.11 Å². The second kappa shape index (κ2) is 6.11. The van der Waals surface area contributed by atoms with Gasteiger partial charge in [-0.2, -0.15) is 0 Å². The summed E-state index contributed by atoms with van der Waals surface area (Å²) in [6.07, 6.45) is 1.99. The van der Waals surface area contributed by atoms with Crippen molar-refractivity contribution in [2.45, 2.75) is 24.9 Å². The highest BCUT2D eigenvalue weighted by atomic mass is 16.3. The molecule has 0 aromatic heterocycles. The van der Waals surface area contributed by atoms with Gasteiger partial charge < -0.3 is 15.3 Å². The zero-order valence-corrected chi connectivity index (χ0v) is 13.3. The van der Waals surface area contributed by atoms with Crippen molar-refractivity contribution in [3.8, 4) is 0 Å². The minimum absolute atomic E-state index is 0.139. The molecule has 3 rings (SSSR count). The van der Waals surface area contributed by atoms with E-state index in [1.807, 2.05) is 14.1 Å². The largest absolute Gasteiger partial charge is 0.394 e. The third kappa shape index (κ3) is 2.74. The van der Waals surface area contributed by atoms with Crippen LogP contribution in [-0.2, 0) is 18.5 Å². The molecule has 1 aliphatic rings. The number of nitrogens with zero attached hydrogens (tertiary/aromatic N) is 1. The number of hydrogen-bond donors (Lipinski definition) is 2. The summed E-state index contributed by atoms with van der Waals surface area (Å²) < 4.78 is 0. The van der Waals surface area contributed by atoms with Gasteiger partial charge in [0.25, 0.3) is 0 Å². The maximum atomic E-state index is 9.99. The lowest BCUT2D eigenvalue weighted by Gasteiger charge is -2.30. The van der Waals surface area contributed by atoms with Crippen LogP contribution in [0.3, 0.4) is 0 Å². The quantitative estimate of drug-likeness (QED) is 0.890. The molecule has 0 fully saturated rings. The number of aliphatic hydroxyl groups is 1. The van der Waals surface area contributed by atoms with E-state index < -0.39 is 0 Å². The fraction of sp³-hybridized carbons (Fsp3) is 0.368. The molecule has 3 nitrogen and oxygen atoms in total. The molecule has 0 saturated heterocycles. The second-order valence-electron chi connectivity index (χ2n) is 6.31. The van der Waals surface area contributed by atoms with Crippen molar-refractivity contribution in [3.05, 3.63) is 65.2 Å². The van der Waals surface area contributed by atoms with Crippen LogP contribution in [0.15, 0.2) is 48.5 Å². The molecule has 2 aromatic carbocycles. The van der Waals surface area contributed by atoms with Crippen LogP contribution in [0.1, 0.15) is 23.1 Å². The minimum atomic E-state index is -0.295. The van der Waals surface area contributed by atoms with Crippen LogP contribution < -0.4 is 10.2 Å². The molecule has 0 amide bonds. The normalized spacial score (nSPS) is 20.0. The Kier molecular flexibility index (Phi) is 4.19. The molecule has 1 atom stereocenters. The SMILES string of the molecule is CN(C)c1ccc(CNC2(CO)CCc3ccccc32)cc1. The molecule has 116 valence electrons. The molecule has 2 N–H and O–H groups in total. The third-order valence-corrected chi connectivity index (χ3v) is 4.71. The van der Waals surface area contributed by atoms with Gasteiger partial charge >= 0.3 is 0 Å². The van der Waals surface area contributed by atoms with Crippen LogP contribution >= 0.6 is 0 Å². The Hall–Kier alpha value is -1.84. The first-order valence-corrected chi connectivity index (χ1v) is 7.85. The molecule has 0 bridgehead atoms. The second-order valence-corrected chi connectivity index (χ2v) is 6.31. The summed E-state index contributed by atoms with van der Waals surface area (Å²) in [4.78, 5) is 2.10. The number of anilines is 1. The summed E-state index contributed by atoms with van der Waals surface area (Å²) in [6.45, 7) is 0.905. The van der Waals surface area contributed by atoms with Gasteiger partial charge in [0, 0.05) is 26.3 Å². The fourth-order valence-corrected chi connectivity index (χ4v) is 3.27. The van der Waals surface area contributed by atoms with E-state index in [1.54, 1.807) is 0 Å². The molecule has 0 heterocycles. The molecular formula is C19H24N2O. The van der Waals surface area contributed by atoms with Gasteiger partial charge in [0.1, 0.15) is 0 Å². The van der Waals surface area contributed by atoms with E-state index in [0.29, 0.717) is 0 Å². The molecule has 1 aliphatic carbocycles. The van der Waals surface area contributed by atoms with Gasteiger partial charge in [0.15, 0.2) is 0 Å². The van der Waals surface area contributed by atoms with Crippen molar-refractivity contribution in [1.29, 1.82) is 0 Å². The van der Waals surface area contributed by atoms with Gasteiger partial charge in [-0.15, -0.1) is 0 Å². The Bertz CT molecular complexity index is 636. The average Bonchev–Trinajstić information content (AvgIpc) is 2.93. The standard InChI is InChI=1S/C19H24N2O/c1-21(2)17-9-7-15(8-10-17)13-20-19(14-22)12-11-16-5-3-4-6-18(16)19/h3-10,20,22H,11-14H2,1-2H3. The fourth-order valence-electron chi connectivity index (χ4n) is 3.27. The highest BCUT2D eigenvalue weighted by Gasteiger charge is 2.37. The van der Waals surface area contributed by atoms with Crippen molar-refractivity contribution in [1.82, 2.24) is 5.32 Å². The smallest absolute Gasteiger partial charge is 0.0677 e. The Labute approximate surface area is 132 Å². The molecule has 0 spiro atoms. The number of aryl methyl sites for hydroxylation is 1. The number of aliphatic hydroxyl groups excluding tert-OH is 1. The Morgan fingerprint density at radius 3 is 2.50 bits per heavy atom. The third-order valence-electron chi connectivity index (χ3n) is 4.71. The van der Waals surface area contributed by atoms with E-state index in [1.165, 1.54) is 22.4 Å². The van der Waals surface area contributed by atoms with Crippen LogP contribution in [0.5, 0.6) is 0 Å². The lowest BCUT2D eigenvalue weighted by molar-refractivity contribution is 0.159. The Morgan fingerprint density at radius 2 is 1.82 bits per heavy atom. The first-order chi connectivity index (χ1) is 10.6. The van der Waals surface area contributed by atoms with Crippen molar-refractivity contribution in [2.24, 2.45) is 0 Å². The zero-order chi connectivity index (χ0) is 15.6. The van der Waals surface area contributed by atoms with Crippen molar-refractivity contribution in [2.75, 3.05) is 25.6 Å². The molecule has 0 radical (unpaired) electrons. The van der Waals surface area contributed by atoms with Gasteiger partial charge in [-0.05, 0) is 41.7 Å². The molecule has 2 aromatic rings. The summed E-state index contributed by atoms with van der Waals surface area (Å²) in [6, 6.07) is 17.0. The number of fused-ring (bicyclic) bond motifs is 1. The predicted octanol–water partition coefficient (Wildman–Crippen LogP) is 2.68. The van der Waals surface area contributed by atoms with Gasteiger partial charge in [0.05, 0.1) is 12.1 Å².